The van der Waals surface area contributed by atoms with Crippen molar-refractivity contribution >= 4 is 40.2 Å². The van der Waals surface area contributed by atoms with E-state index in [1.807, 2.05) is 6.07 Å². The molecule has 3 aromatic rings. The van der Waals surface area contributed by atoms with Crippen molar-refractivity contribution in [2.24, 2.45) is 0 Å². The predicted octanol–water partition coefficient (Wildman–Crippen LogP) is 0.588. The molecule has 0 aliphatic carbocycles. The van der Waals surface area contributed by atoms with Gasteiger partial charge in [0.1, 0.15) is 18.5 Å². The lowest BCUT2D eigenvalue weighted by molar-refractivity contribution is -0.137. The Labute approximate surface area is 164 Å². The molecule has 3 heterocycles. The monoisotopic (exact) mass is 404 g/mol. The van der Waals surface area contributed by atoms with E-state index in [1.54, 1.807) is 18.2 Å². The normalized spacial score (nSPS) is 24.4. The quantitative estimate of drug-likeness (QED) is 0.496. The molecule has 0 saturated carbocycles. The number of rotatable bonds is 4. The molecule has 2 aromatic heterocycles. The van der Waals surface area contributed by atoms with Crippen molar-refractivity contribution in [3.8, 4) is 0 Å². The molecule has 1 aromatic carbocycles. The minimum Gasteiger partial charge on any atom is -0.387 e. The van der Waals surface area contributed by atoms with Gasteiger partial charge < -0.3 is 25.6 Å². The Balaban J connectivity index is 1.68. The lowest BCUT2D eigenvalue weighted by atomic mass is 10.1. The van der Waals surface area contributed by atoms with E-state index in [9.17, 15) is 15.0 Å². The van der Waals surface area contributed by atoms with Gasteiger partial charge in [-0.1, -0.05) is 17.7 Å². The molecule has 4 rings (SSSR count). The van der Waals surface area contributed by atoms with Gasteiger partial charge in [-0.2, -0.15) is 0 Å². The fourth-order valence-electron chi connectivity index (χ4n) is 3.08. The van der Waals surface area contributed by atoms with Crippen molar-refractivity contribution in [3.05, 3.63) is 41.9 Å². The minimum atomic E-state index is -1.38. The SMILES string of the molecule is CNC(=O)[C@H]1O[C@@H](n2cnc3c(Nc4cccc(Cl)c4)ncnc32)[C@H](O)[C@@H]1O. The molecule has 1 aliphatic heterocycles. The summed E-state index contributed by atoms with van der Waals surface area (Å²) in [5.74, 6) is -0.0988. The van der Waals surface area contributed by atoms with Gasteiger partial charge in [-0.15, -0.1) is 0 Å². The van der Waals surface area contributed by atoms with E-state index in [4.69, 9.17) is 16.3 Å². The number of aliphatic hydroxyl groups is 2. The van der Waals surface area contributed by atoms with Crippen molar-refractivity contribution in [2.45, 2.75) is 24.5 Å². The molecule has 28 heavy (non-hydrogen) atoms. The Morgan fingerprint density at radius 2 is 2.07 bits per heavy atom. The third-order valence-corrected chi connectivity index (χ3v) is 4.70. The molecule has 0 bridgehead atoms. The van der Waals surface area contributed by atoms with Gasteiger partial charge in [-0.25, -0.2) is 15.0 Å². The Hall–Kier alpha value is -2.79. The smallest absolute Gasteiger partial charge is 0.251 e. The van der Waals surface area contributed by atoms with Crippen LogP contribution in [0.2, 0.25) is 5.02 Å². The highest BCUT2D eigenvalue weighted by atomic mass is 35.5. The summed E-state index contributed by atoms with van der Waals surface area (Å²) in [5.41, 5.74) is 1.51. The van der Waals surface area contributed by atoms with Crippen LogP contribution in [0.15, 0.2) is 36.9 Å². The molecule has 10 nitrogen and oxygen atoms in total. The summed E-state index contributed by atoms with van der Waals surface area (Å²) in [7, 11) is 1.42. The number of halogens is 1. The van der Waals surface area contributed by atoms with Crippen molar-refractivity contribution in [2.75, 3.05) is 12.4 Å². The van der Waals surface area contributed by atoms with E-state index in [-0.39, 0.29) is 0 Å². The average molecular weight is 405 g/mol. The molecule has 1 amide bonds. The summed E-state index contributed by atoms with van der Waals surface area (Å²) in [5, 5.41) is 26.6. The van der Waals surface area contributed by atoms with Crippen LogP contribution in [0.5, 0.6) is 0 Å². The van der Waals surface area contributed by atoms with Crippen LogP contribution in [0.1, 0.15) is 6.23 Å². The molecule has 1 saturated heterocycles. The van der Waals surface area contributed by atoms with Gasteiger partial charge >= 0.3 is 0 Å². The summed E-state index contributed by atoms with van der Waals surface area (Å²) in [6.45, 7) is 0. The van der Waals surface area contributed by atoms with Crippen molar-refractivity contribution in [1.82, 2.24) is 24.8 Å². The molecule has 0 spiro atoms. The predicted molar refractivity (Wildman–Crippen MR) is 100 cm³/mol. The third kappa shape index (κ3) is 3.16. The van der Waals surface area contributed by atoms with E-state index in [1.165, 1.54) is 24.3 Å². The zero-order valence-corrected chi connectivity index (χ0v) is 15.4. The largest absolute Gasteiger partial charge is 0.387 e. The Bertz CT molecular complexity index is 1030. The molecule has 11 heteroatoms. The van der Waals surface area contributed by atoms with E-state index >= 15 is 0 Å². The van der Waals surface area contributed by atoms with Crippen molar-refractivity contribution < 1.29 is 19.7 Å². The second kappa shape index (κ2) is 7.32. The topological polar surface area (TPSA) is 134 Å². The maximum Gasteiger partial charge on any atom is 0.251 e. The number of carbonyl (C=O) groups is 1. The number of hydrogen-bond donors (Lipinski definition) is 4. The number of imidazole rings is 1. The lowest BCUT2D eigenvalue weighted by Gasteiger charge is -2.16. The number of nitrogens with one attached hydrogen (secondary N) is 2. The van der Waals surface area contributed by atoms with Crippen LogP contribution in [0.4, 0.5) is 11.5 Å². The molecule has 0 radical (unpaired) electrons. The number of anilines is 2. The van der Waals surface area contributed by atoms with Gasteiger partial charge in [-0.05, 0) is 18.2 Å². The number of hydrogen-bond acceptors (Lipinski definition) is 8. The molecule has 146 valence electrons. The van der Waals surface area contributed by atoms with Gasteiger partial charge in [0.05, 0.1) is 6.33 Å². The van der Waals surface area contributed by atoms with E-state index in [0.29, 0.717) is 27.7 Å². The van der Waals surface area contributed by atoms with Crippen LogP contribution in [-0.4, -0.2) is 61.0 Å². The molecule has 1 fully saturated rings. The first-order chi connectivity index (χ1) is 13.5. The lowest BCUT2D eigenvalue weighted by Crippen LogP contribution is -2.41. The molecular weight excluding hydrogens is 388 g/mol. The number of ether oxygens (including phenoxy) is 1. The highest BCUT2D eigenvalue weighted by molar-refractivity contribution is 6.30. The number of benzene rings is 1. The van der Waals surface area contributed by atoms with E-state index in [0.717, 1.165) is 0 Å². The zero-order chi connectivity index (χ0) is 19.8. The molecule has 1 aliphatic rings. The zero-order valence-electron chi connectivity index (χ0n) is 14.7. The number of aromatic nitrogens is 4. The summed E-state index contributed by atoms with van der Waals surface area (Å²) < 4.78 is 7.03. The first-order valence-corrected chi connectivity index (χ1v) is 8.80. The second-order valence-corrected chi connectivity index (χ2v) is 6.66. The molecular formula is C17H17ClN6O4. The van der Waals surface area contributed by atoms with E-state index in [2.05, 4.69) is 25.6 Å². The maximum absolute atomic E-state index is 11.9. The Kier molecular flexibility index (Phi) is 4.85. The van der Waals surface area contributed by atoms with Gasteiger partial charge in [0.15, 0.2) is 29.3 Å². The fraction of sp³-hybridized carbons (Fsp3) is 0.294. The molecule has 0 unspecified atom stereocenters. The number of carbonyl (C=O) groups excluding carboxylic acids is 1. The molecule has 4 atom stereocenters. The minimum absolute atomic E-state index is 0.369. The number of fused-ring (bicyclic) bond motifs is 1. The maximum atomic E-state index is 11.9. The van der Waals surface area contributed by atoms with Crippen LogP contribution in [0, 0.1) is 0 Å². The number of nitrogens with zero attached hydrogens (tertiary/aromatic N) is 4. The standard InChI is InChI=1S/C17H17ClN6O4/c1-19-16(27)13-11(25)12(26)17(28-13)24-7-22-10-14(20-6-21-15(10)24)23-9-4-2-3-8(18)5-9/h2-7,11-13,17,25-26H,1H3,(H,19,27)(H,20,21,23)/t11-,12+,13-,17+/m0/s1. The highest BCUT2D eigenvalue weighted by Crippen LogP contribution is 2.33. The Morgan fingerprint density at radius 3 is 2.82 bits per heavy atom. The number of likely N-dealkylation sites (N-methyl/N-ethyl adjacent to an activating group) is 1. The van der Waals surface area contributed by atoms with Crippen LogP contribution >= 0.6 is 11.6 Å². The third-order valence-electron chi connectivity index (χ3n) is 4.46. The first kappa shape index (κ1) is 18.6. The average Bonchev–Trinajstić information content (AvgIpc) is 3.24. The molecule has 4 N–H and O–H groups in total. The second-order valence-electron chi connectivity index (χ2n) is 6.22. The summed E-state index contributed by atoms with van der Waals surface area (Å²) >= 11 is 6.01. The summed E-state index contributed by atoms with van der Waals surface area (Å²) in [6, 6.07) is 7.11. The first-order valence-electron chi connectivity index (χ1n) is 8.43. The van der Waals surface area contributed by atoms with E-state index < -0.39 is 30.4 Å². The summed E-state index contributed by atoms with van der Waals surface area (Å²) in [6.07, 6.45) is -2.20. The van der Waals surface area contributed by atoms with Gasteiger partial charge in [0.25, 0.3) is 5.91 Å². The highest BCUT2D eigenvalue weighted by Gasteiger charge is 2.47. The fourth-order valence-corrected chi connectivity index (χ4v) is 3.27. The Morgan fingerprint density at radius 1 is 1.25 bits per heavy atom. The summed E-state index contributed by atoms with van der Waals surface area (Å²) in [4.78, 5) is 24.6. The number of amides is 1. The van der Waals surface area contributed by atoms with Gasteiger partial charge in [0.2, 0.25) is 0 Å². The van der Waals surface area contributed by atoms with Crippen LogP contribution in [0.3, 0.4) is 0 Å². The van der Waals surface area contributed by atoms with Crippen LogP contribution in [-0.2, 0) is 9.53 Å². The van der Waals surface area contributed by atoms with Crippen LogP contribution < -0.4 is 10.6 Å². The number of aliphatic hydroxyl groups excluding tert-OH is 2. The van der Waals surface area contributed by atoms with Gasteiger partial charge in [0, 0.05) is 17.8 Å². The van der Waals surface area contributed by atoms with Crippen molar-refractivity contribution in [1.29, 1.82) is 0 Å². The van der Waals surface area contributed by atoms with Crippen LogP contribution in [0.25, 0.3) is 11.2 Å². The van der Waals surface area contributed by atoms with Crippen molar-refractivity contribution in [3.63, 3.8) is 0 Å². The van der Waals surface area contributed by atoms with Gasteiger partial charge in [-0.3, -0.25) is 9.36 Å².